The molecule has 88 valence electrons. The van der Waals surface area contributed by atoms with Crippen LogP contribution in [0.5, 0.6) is 0 Å². The van der Waals surface area contributed by atoms with Crippen molar-refractivity contribution < 1.29 is 4.39 Å². The zero-order valence-corrected chi connectivity index (χ0v) is 11.0. The Morgan fingerprint density at radius 2 is 2.06 bits per heavy atom. The van der Waals surface area contributed by atoms with Crippen molar-refractivity contribution in [3.63, 3.8) is 0 Å². The standard InChI is InChI=1S/C14H18ClF/c1-5-6-11-7-8-12(16)14(15)13(11)10(4)9(2)3/h6-9H,5H2,1-4H3/b11-6-,13-10-. The Morgan fingerprint density at radius 3 is 2.56 bits per heavy atom. The molecule has 0 aliphatic rings. The van der Waals surface area contributed by atoms with Crippen LogP contribution in [0.15, 0.2) is 12.1 Å². The summed E-state index contributed by atoms with van der Waals surface area (Å²) in [4.78, 5) is 0. The predicted octanol–water partition coefficient (Wildman–Crippen LogP) is 3.50. The lowest BCUT2D eigenvalue weighted by molar-refractivity contribution is 0.626. The highest BCUT2D eigenvalue weighted by atomic mass is 35.5. The second-order valence-corrected chi connectivity index (χ2v) is 4.65. The van der Waals surface area contributed by atoms with E-state index in [4.69, 9.17) is 11.6 Å². The first-order chi connectivity index (χ1) is 7.49. The average Bonchev–Trinajstić information content (AvgIpc) is 2.23. The first kappa shape index (κ1) is 13.2. The van der Waals surface area contributed by atoms with Crippen LogP contribution in [0.25, 0.3) is 11.6 Å². The van der Waals surface area contributed by atoms with Crippen LogP contribution in [0.4, 0.5) is 4.39 Å². The molecule has 0 bridgehead atoms. The fourth-order valence-corrected chi connectivity index (χ4v) is 1.97. The van der Waals surface area contributed by atoms with Crippen LogP contribution < -0.4 is 10.4 Å². The Labute approximate surface area is 101 Å². The number of hydrogen-bond donors (Lipinski definition) is 0. The van der Waals surface area contributed by atoms with Gasteiger partial charge >= 0.3 is 0 Å². The maximum absolute atomic E-state index is 13.5. The van der Waals surface area contributed by atoms with Crippen LogP contribution >= 0.6 is 11.6 Å². The molecule has 0 aliphatic carbocycles. The van der Waals surface area contributed by atoms with Crippen molar-refractivity contribution in [3.8, 4) is 0 Å². The van der Waals surface area contributed by atoms with Gasteiger partial charge in [-0.05, 0) is 30.5 Å². The van der Waals surface area contributed by atoms with Gasteiger partial charge in [-0.15, -0.1) is 0 Å². The maximum atomic E-state index is 13.5. The summed E-state index contributed by atoms with van der Waals surface area (Å²) in [5.41, 5.74) is 1.13. The number of halogens is 2. The van der Waals surface area contributed by atoms with E-state index in [1.54, 1.807) is 6.07 Å². The third-order valence-corrected chi connectivity index (χ3v) is 3.18. The third-order valence-electron chi connectivity index (χ3n) is 2.81. The summed E-state index contributed by atoms with van der Waals surface area (Å²) < 4.78 is 13.5. The Balaban J connectivity index is 3.77. The van der Waals surface area contributed by atoms with Gasteiger partial charge in [-0.2, -0.15) is 0 Å². The van der Waals surface area contributed by atoms with Crippen LogP contribution in [-0.4, -0.2) is 0 Å². The highest BCUT2D eigenvalue weighted by molar-refractivity contribution is 6.30. The minimum absolute atomic E-state index is 0.244. The van der Waals surface area contributed by atoms with E-state index in [-0.39, 0.29) is 10.8 Å². The van der Waals surface area contributed by atoms with E-state index in [0.29, 0.717) is 5.92 Å². The molecular weight excluding hydrogens is 223 g/mol. The van der Waals surface area contributed by atoms with Gasteiger partial charge in [0.05, 0.1) is 5.02 Å². The molecule has 1 rings (SSSR count). The molecule has 2 heteroatoms. The summed E-state index contributed by atoms with van der Waals surface area (Å²) in [7, 11) is 0. The molecule has 0 unspecified atom stereocenters. The second-order valence-electron chi connectivity index (χ2n) is 4.28. The zero-order valence-electron chi connectivity index (χ0n) is 10.3. The van der Waals surface area contributed by atoms with Gasteiger partial charge in [0.2, 0.25) is 0 Å². The average molecular weight is 241 g/mol. The van der Waals surface area contributed by atoms with Gasteiger partial charge in [0.25, 0.3) is 0 Å². The highest BCUT2D eigenvalue weighted by Gasteiger charge is 2.06. The number of benzene rings is 1. The first-order valence-corrected chi connectivity index (χ1v) is 6.01. The van der Waals surface area contributed by atoms with Crippen LogP contribution in [0.2, 0.25) is 5.02 Å². The fourth-order valence-electron chi connectivity index (χ4n) is 1.65. The second kappa shape index (κ2) is 5.49. The van der Waals surface area contributed by atoms with Crippen molar-refractivity contribution in [1.82, 2.24) is 0 Å². The van der Waals surface area contributed by atoms with Crippen molar-refractivity contribution in [2.75, 3.05) is 0 Å². The minimum atomic E-state index is -0.343. The summed E-state index contributed by atoms with van der Waals surface area (Å²) in [6, 6.07) is 3.23. The first-order valence-electron chi connectivity index (χ1n) is 5.64. The normalized spacial score (nSPS) is 14.6. The van der Waals surface area contributed by atoms with E-state index >= 15 is 0 Å². The van der Waals surface area contributed by atoms with Crippen molar-refractivity contribution in [2.24, 2.45) is 5.92 Å². The Morgan fingerprint density at radius 1 is 1.44 bits per heavy atom. The maximum Gasteiger partial charge on any atom is 0.142 e. The lowest BCUT2D eigenvalue weighted by Crippen LogP contribution is -2.29. The van der Waals surface area contributed by atoms with Crippen LogP contribution in [-0.2, 0) is 0 Å². The van der Waals surface area contributed by atoms with Gasteiger partial charge in [0.1, 0.15) is 5.82 Å². The molecule has 0 nitrogen and oxygen atoms in total. The van der Waals surface area contributed by atoms with Crippen LogP contribution in [0.3, 0.4) is 0 Å². The Bertz CT molecular complexity index is 486. The number of rotatable bonds is 2. The van der Waals surface area contributed by atoms with Crippen molar-refractivity contribution in [1.29, 1.82) is 0 Å². The molecular formula is C14H18ClF. The van der Waals surface area contributed by atoms with Gasteiger partial charge in [0.15, 0.2) is 0 Å². The van der Waals surface area contributed by atoms with Crippen molar-refractivity contribution in [3.05, 3.63) is 33.4 Å². The van der Waals surface area contributed by atoms with Gasteiger partial charge in [-0.25, -0.2) is 4.39 Å². The topological polar surface area (TPSA) is 0 Å². The Hall–Kier alpha value is -0.820. The van der Waals surface area contributed by atoms with E-state index in [1.165, 1.54) is 6.07 Å². The quantitative estimate of drug-likeness (QED) is 0.742. The Kier molecular flexibility index (Phi) is 4.55. The smallest absolute Gasteiger partial charge is 0.142 e. The summed E-state index contributed by atoms with van der Waals surface area (Å²) in [5.74, 6) is 0.0215. The van der Waals surface area contributed by atoms with E-state index in [1.807, 2.05) is 6.92 Å². The third kappa shape index (κ3) is 2.65. The van der Waals surface area contributed by atoms with Crippen LogP contribution in [0.1, 0.15) is 34.1 Å². The summed E-state index contributed by atoms with van der Waals surface area (Å²) in [6.07, 6.45) is 2.99. The summed E-state index contributed by atoms with van der Waals surface area (Å²) in [6.45, 7) is 8.25. The minimum Gasteiger partial charge on any atom is -0.205 e. The molecule has 0 amide bonds. The van der Waals surface area contributed by atoms with E-state index in [2.05, 4.69) is 26.8 Å². The molecule has 0 N–H and O–H groups in total. The van der Waals surface area contributed by atoms with Crippen molar-refractivity contribution in [2.45, 2.75) is 34.1 Å². The van der Waals surface area contributed by atoms with Gasteiger partial charge in [-0.1, -0.05) is 50.1 Å². The van der Waals surface area contributed by atoms with E-state index in [9.17, 15) is 4.39 Å². The molecule has 0 aromatic heterocycles. The lowest BCUT2D eigenvalue weighted by atomic mass is 10.0. The molecule has 0 heterocycles. The molecule has 0 saturated carbocycles. The largest absolute Gasteiger partial charge is 0.205 e. The van der Waals surface area contributed by atoms with E-state index < -0.39 is 0 Å². The van der Waals surface area contributed by atoms with E-state index in [0.717, 1.165) is 22.4 Å². The molecule has 0 atom stereocenters. The van der Waals surface area contributed by atoms with Gasteiger partial charge in [-0.3, -0.25) is 0 Å². The van der Waals surface area contributed by atoms with Crippen LogP contribution in [0, 0.1) is 11.7 Å². The molecule has 0 radical (unpaired) electrons. The predicted molar refractivity (Wildman–Crippen MR) is 69.3 cm³/mol. The van der Waals surface area contributed by atoms with Gasteiger partial charge < -0.3 is 0 Å². The van der Waals surface area contributed by atoms with Gasteiger partial charge in [0, 0.05) is 5.22 Å². The summed E-state index contributed by atoms with van der Waals surface area (Å²) >= 11 is 6.06. The lowest BCUT2D eigenvalue weighted by Gasteiger charge is -2.07. The zero-order chi connectivity index (χ0) is 12.3. The highest BCUT2D eigenvalue weighted by Crippen LogP contribution is 2.12. The van der Waals surface area contributed by atoms with Crippen molar-refractivity contribution >= 4 is 23.3 Å². The monoisotopic (exact) mass is 240 g/mol. The molecule has 1 aromatic carbocycles. The summed E-state index contributed by atoms with van der Waals surface area (Å²) in [5, 5.41) is 2.13. The molecule has 16 heavy (non-hydrogen) atoms. The number of hydrogen-bond acceptors (Lipinski definition) is 0. The molecule has 0 spiro atoms. The molecule has 0 saturated heterocycles. The fraction of sp³-hybridized carbons (Fsp3) is 0.429. The molecule has 0 fully saturated rings. The molecule has 0 aliphatic heterocycles. The molecule has 1 aromatic rings. The SMILES string of the molecule is CC/C=c1/ccc(F)c(Cl)/c1=C(/C)C(C)C.